The summed E-state index contributed by atoms with van der Waals surface area (Å²) in [5, 5.41) is 10.3. The molecule has 0 unspecified atom stereocenters. The number of amides is 1. The van der Waals surface area contributed by atoms with Crippen LogP contribution >= 0.6 is 0 Å². The Morgan fingerprint density at radius 1 is 1.17 bits per heavy atom. The van der Waals surface area contributed by atoms with E-state index in [1.165, 1.54) is 0 Å². The van der Waals surface area contributed by atoms with E-state index in [4.69, 9.17) is 4.98 Å². The van der Waals surface area contributed by atoms with E-state index in [0.717, 1.165) is 44.3 Å². The quantitative estimate of drug-likeness (QED) is 0.843. The fourth-order valence-corrected chi connectivity index (χ4v) is 5.53. The first-order chi connectivity index (χ1) is 14.0. The van der Waals surface area contributed by atoms with Crippen LogP contribution in [0.2, 0.25) is 0 Å². The zero-order valence-electron chi connectivity index (χ0n) is 16.4. The Hall–Kier alpha value is -2.70. The average Bonchev–Trinajstić information content (AvgIpc) is 3.18. The zero-order chi connectivity index (χ0) is 20.2. The Morgan fingerprint density at radius 3 is 2.83 bits per heavy atom. The number of hydrogen-bond donors (Lipinski definition) is 1. The van der Waals surface area contributed by atoms with Crippen molar-refractivity contribution < 1.29 is 14.7 Å². The molecule has 1 amide bonds. The molecule has 1 saturated heterocycles. The van der Waals surface area contributed by atoms with Crippen LogP contribution in [0.1, 0.15) is 54.7 Å². The van der Waals surface area contributed by atoms with Gasteiger partial charge in [-0.25, -0.2) is 4.98 Å². The van der Waals surface area contributed by atoms with Crippen LogP contribution in [0.25, 0.3) is 10.9 Å². The van der Waals surface area contributed by atoms with E-state index in [9.17, 15) is 19.5 Å². The largest absolute Gasteiger partial charge is 0.481 e. The molecule has 1 aliphatic carbocycles. The van der Waals surface area contributed by atoms with Crippen molar-refractivity contribution in [3.63, 3.8) is 0 Å². The number of carbonyl (C=O) groups is 2. The van der Waals surface area contributed by atoms with Crippen LogP contribution in [0.15, 0.2) is 23.0 Å². The van der Waals surface area contributed by atoms with Crippen molar-refractivity contribution in [3.8, 4) is 0 Å². The summed E-state index contributed by atoms with van der Waals surface area (Å²) in [5.74, 6) is -0.127. The molecular weight excluding hydrogens is 370 g/mol. The summed E-state index contributed by atoms with van der Waals surface area (Å²) >= 11 is 0. The van der Waals surface area contributed by atoms with Gasteiger partial charge in [-0.1, -0.05) is 12.8 Å². The third kappa shape index (κ3) is 2.78. The maximum absolute atomic E-state index is 13.1. The number of carbonyl (C=O) groups excluding carboxylic acids is 1. The van der Waals surface area contributed by atoms with Gasteiger partial charge in [-0.15, -0.1) is 0 Å². The van der Waals surface area contributed by atoms with Crippen LogP contribution < -0.4 is 5.56 Å². The van der Waals surface area contributed by atoms with Crippen molar-refractivity contribution in [2.75, 3.05) is 13.1 Å². The first-order valence-electron chi connectivity index (χ1n) is 10.6. The Bertz CT molecular complexity index is 1080. The molecule has 2 aliphatic heterocycles. The molecule has 7 nitrogen and oxygen atoms in total. The molecule has 3 heterocycles. The fraction of sp³-hybridized carbons (Fsp3) is 0.545. The monoisotopic (exact) mass is 395 g/mol. The van der Waals surface area contributed by atoms with Crippen LogP contribution in [0.3, 0.4) is 0 Å². The second kappa shape index (κ2) is 6.68. The molecule has 1 aromatic carbocycles. The molecule has 1 N–H and O–H groups in total. The third-order valence-corrected chi connectivity index (χ3v) is 7.15. The highest BCUT2D eigenvalue weighted by Crippen LogP contribution is 2.49. The molecule has 2 fully saturated rings. The van der Waals surface area contributed by atoms with Gasteiger partial charge in [0.1, 0.15) is 5.82 Å². The fourth-order valence-electron chi connectivity index (χ4n) is 5.53. The predicted molar refractivity (Wildman–Crippen MR) is 107 cm³/mol. The number of carboxylic acids is 1. The lowest BCUT2D eigenvalue weighted by Crippen LogP contribution is -2.37. The van der Waals surface area contributed by atoms with E-state index in [-0.39, 0.29) is 23.9 Å². The Kier molecular flexibility index (Phi) is 4.22. The zero-order valence-corrected chi connectivity index (χ0v) is 16.4. The van der Waals surface area contributed by atoms with E-state index < -0.39 is 11.4 Å². The molecule has 0 spiro atoms. The summed E-state index contributed by atoms with van der Waals surface area (Å²) in [6, 6.07) is 5.07. The summed E-state index contributed by atoms with van der Waals surface area (Å²) in [5.41, 5.74) is 0.206. The molecule has 0 bridgehead atoms. The van der Waals surface area contributed by atoms with Gasteiger partial charge >= 0.3 is 5.97 Å². The van der Waals surface area contributed by atoms with Crippen LogP contribution in [-0.2, 0) is 17.8 Å². The minimum absolute atomic E-state index is 0.0305. The van der Waals surface area contributed by atoms with E-state index in [0.29, 0.717) is 36.0 Å². The predicted octanol–water partition coefficient (Wildman–Crippen LogP) is 2.45. The smallest absolute Gasteiger partial charge is 0.311 e. The van der Waals surface area contributed by atoms with Gasteiger partial charge < -0.3 is 10.0 Å². The van der Waals surface area contributed by atoms with Gasteiger partial charge in [0.2, 0.25) is 0 Å². The second-order valence-corrected chi connectivity index (χ2v) is 8.76. The molecular formula is C22H25N3O4. The molecule has 2 atom stereocenters. The van der Waals surface area contributed by atoms with Gasteiger partial charge in [0, 0.05) is 31.6 Å². The number of benzene rings is 1. The van der Waals surface area contributed by atoms with Crippen molar-refractivity contribution in [1.82, 2.24) is 14.5 Å². The normalized spacial score (nSPS) is 26.2. The Morgan fingerprint density at radius 2 is 2.03 bits per heavy atom. The van der Waals surface area contributed by atoms with Gasteiger partial charge in [-0.2, -0.15) is 0 Å². The number of carboxylic acid groups (broad SMARTS) is 1. The number of rotatable bonds is 2. The molecule has 1 aromatic heterocycles. The van der Waals surface area contributed by atoms with Crippen LogP contribution in [0.4, 0.5) is 0 Å². The maximum Gasteiger partial charge on any atom is 0.311 e. The summed E-state index contributed by atoms with van der Waals surface area (Å²) in [6.45, 7) is 1.46. The van der Waals surface area contributed by atoms with E-state index in [1.807, 2.05) is 0 Å². The molecule has 152 valence electrons. The molecule has 3 aliphatic rings. The van der Waals surface area contributed by atoms with Gasteiger partial charge in [0.25, 0.3) is 11.5 Å². The summed E-state index contributed by atoms with van der Waals surface area (Å²) in [7, 11) is 0. The Labute approximate surface area is 168 Å². The summed E-state index contributed by atoms with van der Waals surface area (Å²) in [6.07, 6.45) is 6.27. The summed E-state index contributed by atoms with van der Waals surface area (Å²) in [4.78, 5) is 44.3. The standard InChI is InChI=1S/C22H25N3O4/c26-19(24-12-15-5-4-9-22(15,13-24)21(28)29)14-7-8-16-17(11-14)23-18-6-2-1-3-10-25(18)20(16)27/h7-8,11,15H,1-6,9-10,12-13H2,(H,28,29)/t15-,22+/m0/s1. The van der Waals surface area contributed by atoms with Gasteiger partial charge in [-0.05, 0) is 49.8 Å². The number of likely N-dealkylation sites (tertiary alicyclic amines) is 1. The lowest BCUT2D eigenvalue weighted by molar-refractivity contribution is -0.149. The van der Waals surface area contributed by atoms with Crippen molar-refractivity contribution >= 4 is 22.8 Å². The van der Waals surface area contributed by atoms with E-state index >= 15 is 0 Å². The third-order valence-electron chi connectivity index (χ3n) is 7.15. The highest BCUT2D eigenvalue weighted by Gasteiger charge is 2.55. The molecule has 5 rings (SSSR count). The average molecular weight is 395 g/mol. The molecule has 7 heteroatoms. The Balaban J connectivity index is 1.49. The molecule has 29 heavy (non-hydrogen) atoms. The molecule has 1 saturated carbocycles. The number of aliphatic carboxylic acids is 1. The topological polar surface area (TPSA) is 92.5 Å². The SMILES string of the molecule is O=C(c1ccc2c(=O)n3c(nc2c1)CCCCC3)N1C[C@@H]2CCC[C@@]2(C(=O)O)C1. The minimum Gasteiger partial charge on any atom is -0.481 e. The van der Waals surface area contributed by atoms with Crippen molar-refractivity contribution in [2.24, 2.45) is 11.3 Å². The number of hydrogen-bond acceptors (Lipinski definition) is 4. The number of aryl methyl sites for hydroxylation is 1. The number of fused-ring (bicyclic) bond motifs is 3. The first kappa shape index (κ1) is 18.3. The van der Waals surface area contributed by atoms with Crippen LogP contribution in [0.5, 0.6) is 0 Å². The van der Waals surface area contributed by atoms with Crippen molar-refractivity contribution in [3.05, 3.63) is 39.9 Å². The summed E-state index contributed by atoms with van der Waals surface area (Å²) < 4.78 is 1.77. The molecule has 0 radical (unpaired) electrons. The van der Waals surface area contributed by atoms with E-state index in [2.05, 4.69) is 0 Å². The first-order valence-corrected chi connectivity index (χ1v) is 10.6. The lowest BCUT2D eigenvalue weighted by atomic mass is 9.81. The second-order valence-electron chi connectivity index (χ2n) is 8.76. The number of nitrogens with zero attached hydrogens (tertiary/aromatic N) is 3. The van der Waals surface area contributed by atoms with Crippen molar-refractivity contribution in [1.29, 1.82) is 0 Å². The highest BCUT2D eigenvalue weighted by atomic mass is 16.4. The van der Waals surface area contributed by atoms with Crippen LogP contribution in [-0.4, -0.2) is 44.5 Å². The van der Waals surface area contributed by atoms with Crippen molar-refractivity contribution in [2.45, 2.75) is 51.5 Å². The molecule has 2 aromatic rings. The maximum atomic E-state index is 13.1. The van der Waals surface area contributed by atoms with Gasteiger partial charge in [-0.3, -0.25) is 19.0 Å². The van der Waals surface area contributed by atoms with Gasteiger partial charge in [0.05, 0.1) is 16.3 Å². The number of aromatic nitrogens is 2. The lowest BCUT2D eigenvalue weighted by Gasteiger charge is -2.23. The minimum atomic E-state index is -0.791. The van der Waals surface area contributed by atoms with E-state index in [1.54, 1.807) is 27.7 Å². The van der Waals surface area contributed by atoms with Crippen LogP contribution in [0, 0.1) is 11.3 Å². The van der Waals surface area contributed by atoms with Gasteiger partial charge in [0.15, 0.2) is 0 Å². The highest BCUT2D eigenvalue weighted by molar-refractivity contribution is 5.98.